The molecule has 1 radical (unpaired) electrons. The zero-order chi connectivity index (χ0) is 9.97. The summed E-state index contributed by atoms with van der Waals surface area (Å²) < 4.78 is 0. The summed E-state index contributed by atoms with van der Waals surface area (Å²) in [5.74, 6) is 0.751. The summed E-state index contributed by atoms with van der Waals surface area (Å²) in [5.41, 5.74) is 9.43. The molecule has 0 aromatic heterocycles. The van der Waals surface area contributed by atoms with Crippen LogP contribution in [0, 0.1) is 6.07 Å². The van der Waals surface area contributed by atoms with Gasteiger partial charge in [0.1, 0.15) is 0 Å². The summed E-state index contributed by atoms with van der Waals surface area (Å²) in [4.78, 5) is 0. The second kappa shape index (κ2) is 4.04. The SMILES string of the molecule is CCc1cc(C2CCCC2)[c]cc1N. The lowest BCUT2D eigenvalue weighted by atomic mass is 9.95. The number of aryl methyl sites for hydroxylation is 1. The van der Waals surface area contributed by atoms with Crippen LogP contribution < -0.4 is 5.73 Å². The minimum absolute atomic E-state index is 0.751. The van der Waals surface area contributed by atoms with E-state index < -0.39 is 0 Å². The van der Waals surface area contributed by atoms with E-state index in [9.17, 15) is 0 Å². The zero-order valence-electron chi connectivity index (χ0n) is 8.84. The van der Waals surface area contributed by atoms with Crippen molar-refractivity contribution in [1.82, 2.24) is 0 Å². The largest absolute Gasteiger partial charge is 0.398 e. The van der Waals surface area contributed by atoms with Crippen LogP contribution in [0.3, 0.4) is 0 Å². The molecule has 1 heteroatoms. The lowest BCUT2D eigenvalue weighted by molar-refractivity contribution is 0.721. The van der Waals surface area contributed by atoms with E-state index in [1.54, 1.807) is 0 Å². The van der Waals surface area contributed by atoms with Crippen LogP contribution in [0.2, 0.25) is 0 Å². The molecular weight excluding hydrogens is 170 g/mol. The fourth-order valence-electron chi connectivity index (χ4n) is 2.35. The molecule has 1 nitrogen and oxygen atoms in total. The maximum atomic E-state index is 5.87. The summed E-state index contributed by atoms with van der Waals surface area (Å²) in [5, 5.41) is 0. The minimum Gasteiger partial charge on any atom is -0.398 e. The third-order valence-electron chi connectivity index (χ3n) is 3.27. The van der Waals surface area contributed by atoms with E-state index in [0.717, 1.165) is 18.0 Å². The van der Waals surface area contributed by atoms with Gasteiger partial charge in [-0.2, -0.15) is 0 Å². The quantitative estimate of drug-likeness (QED) is 0.708. The number of anilines is 1. The first-order valence-electron chi connectivity index (χ1n) is 5.61. The van der Waals surface area contributed by atoms with Crippen molar-refractivity contribution in [3.63, 3.8) is 0 Å². The van der Waals surface area contributed by atoms with Crippen LogP contribution in [0.1, 0.15) is 49.7 Å². The van der Waals surface area contributed by atoms with Gasteiger partial charge in [-0.1, -0.05) is 25.8 Å². The average molecular weight is 188 g/mol. The fraction of sp³-hybridized carbons (Fsp3) is 0.538. The van der Waals surface area contributed by atoms with Gasteiger partial charge in [-0.15, -0.1) is 0 Å². The van der Waals surface area contributed by atoms with Crippen molar-refractivity contribution in [2.24, 2.45) is 0 Å². The Morgan fingerprint density at radius 2 is 2.14 bits per heavy atom. The molecule has 14 heavy (non-hydrogen) atoms. The van der Waals surface area contributed by atoms with E-state index in [4.69, 9.17) is 5.73 Å². The maximum Gasteiger partial charge on any atom is 0.0352 e. The highest BCUT2D eigenvalue weighted by Crippen LogP contribution is 2.34. The molecule has 0 heterocycles. The molecule has 1 aromatic carbocycles. The molecule has 1 aromatic rings. The van der Waals surface area contributed by atoms with Crippen molar-refractivity contribution < 1.29 is 0 Å². The zero-order valence-corrected chi connectivity index (χ0v) is 8.84. The molecule has 0 aliphatic heterocycles. The van der Waals surface area contributed by atoms with Gasteiger partial charge in [0.15, 0.2) is 0 Å². The van der Waals surface area contributed by atoms with E-state index in [1.807, 2.05) is 6.07 Å². The second-order valence-electron chi connectivity index (χ2n) is 4.20. The van der Waals surface area contributed by atoms with Crippen molar-refractivity contribution in [2.75, 3.05) is 5.73 Å². The van der Waals surface area contributed by atoms with Gasteiger partial charge in [-0.05, 0) is 48.4 Å². The molecular formula is C13H18N. The van der Waals surface area contributed by atoms with Crippen LogP contribution in [0.5, 0.6) is 0 Å². The first-order chi connectivity index (χ1) is 6.81. The van der Waals surface area contributed by atoms with Gasteiger partial charge in [0, 0.05) is 5.69 Å². The highest BCUT2D eigenvalue weighted by Gasteiger charge is 2.17. The van der Waals surface area contributed by atoms with Gasteiger partial charge in [0.25, 0.3) is 0 Å². The van der Waals surface area contributed by atoms with Gasteiger partial charge in [0.2, 0.25) is 0 Å². The smallest absolute Gasteiger partial charge is 0.0352 e. The fourth-order valence-corrected chi connectivity index (χ4v) is 2.35. The van der Waals surface area contributed by atoms with Crippen LogP contribution in [-0.2, 0) is 6.42 Å². The molecule has 0 unspecified atom stereocenters. The van der Waals surface area contributed by atoms with Crippen LogP contribution in [0.15, 0.2) is 12.1 Å². The molecule has 75 valence electrons. The topological polar surface area (TPSA) is 26.0 Å². The Morgan fingerprint density at radius 3 is 2.79 bits per heavy atom. The Labute approximate surface area is 86.3 Å². The Balaban J connectivity index is 2.25. The van der Waals surface area contributed by atoms with Crippen molar-refractivity contribution in [3.8, 4) is 0 Å². The Morgan fingerprint density at radius 1 is 1.43 bits per heavy atom. The molecule has 1 aliphatic carbocycles. The predicted molar refractivity (Wildman–Crippen MR) is 60.3 cm³/mol. The summed E-state index contributed by atoms with van der Waals surface area (Å²) in [6.07, 6.45) is 6.46. The molecule has 0 amide bonds. The number of benzene rings is 1. The number of nitrogen functional groups attached to an aromatic ring is 1. The molecule has 0 saturated heterocycles. The van der Waals surface area contributed by atoms with Gasteiger partial charge in [-0.3, -0.25) is 0 Å². The maximum absolute atomic E-state index is 5.87. The monoisotopic (exact) mass is 188 g/mol. The molecule has 0 bridgehead atoms. The number of hydrogen-bond acceptors (Lipinski definition) is 1. The average Bonchev–Trinajstić information content (AvgIpc) is 2.71. The van der Waals surface area contributed by atoms with Crippen LogP contribution in [-0.4, -0.2) is 0 Å². The van der Waals surface area contributed by atoms with E-state index in [-0.39, 0.29) is 0 Å². The third-order valence-corrected chi connectivity index (χ3v) is 3.27. The molecule has 1 saturated carbocycles. The third kappa shape index (κ3) is 1.77. The van der Waals surface area contributed by atoms with Crippen LogP contribution in [0.4, 0.5) is 5.69 Å². The number of nitrogens with two attached hydrogens (primary N) is 1. The van der Waals surface area contributed by atoms with Gasteiger partial charge >= 0.3 is 0 Å². The van der Waals surface area contributed by atoms with E-state index >= 15 is 0 Å². The first kappa shape index (κ1) is 9.57. The summed E-state index contributed by atoms with van der Waals surface area (Å²) in [6, 6.07) is 7.53. The van der Waals surface area contributed by atoms with E-state index in [1.165, 1.54) is 36.8 Å². The van der Waals surface area contributed by atoms with Crippen LogP contribution >= 0.6 is 0 Å². The van der Waals surface area contributed by atoms with E-state index in [0.29, 0.717) is 0 Å². The number of hydrogen-bond donors (Lipinski definition) is 1. The molecule has 2 N–H and O–H groups in total. The molecule has 1 fully saturated rings. The molecule has 0 atom stereocenters. The normalized spacial score (nSPS) is 17.5. The minimum atomic E-state index is 0.751. The standard InChI is InChI=1S/C13H18N/c1-2-10-9-12(7-8-13(10)14)11-5-3-4-6-11/h8-9,11H,2-6,14H2,1H3. The molecule has 1 aliphatic rings. The van der Waals surface area contributed by atoms with Gasteiger partial charge in [-0.25, -0.2) is 0 Å². The first-order valence-corrected chi connectivity index (χ1v) is 5.61. The lowest BCUT2D eigenvalue weighted by Gasteiger charge is -2.11. The number of rotatable bonds is 2. The molecule has 2 rings (SSSR count). The Kier molecular flexibility index (Phi) is 2.76. The van der Waals surface area contributed by atoms with Crippen molar-refractivity contribution in [1.29, 1.82) is 0 Å². The van der Waals surface area contributed by atoms with Crippen molar-refractivity contribution in [3.05, 3.63) is 29.3 Å². The Hall–Kier alpha value is -0.980. The highest BCUT2D eigenvalue weighted by atomic mass is 14.6. The lowest BCUT2D eigenvalue weighted by Crippen LogP contribution is -1.98. The highest BCUT2D eigenvalue weighted by molar-refractivity contribution is 5.48. The molecule has 0 spiro atoms. The predicted octanol–water partition coefficient (Wildman–Crippen LogP) is 3.29. The van der Waals surface area contributed by atoms with Gasteiger partial charge in [0.05, 0.1) is 0 Å². The van der Waals surface area contributed by atoms with Crippen molar-refractivity contribution >= 4 is 5.69 Å². The van der Waals surface area contributed by atoms with Gasteiger partial charge < -0.3 is 5.73 Å². The summed E-state index contributed by atoms with van der Waals surface area (Å²) in [7, 11) is 0. The van der Waals surface area contributed by atoms with Crippen LogP contribution in [0.25, 0.3) is 0 Å². The second-order valence-corrected chi connectivity index (χ2v) is 4.20. The van der Waals surface area contributed by atoms with E-state index in [2.05, 4.69) is 19.1 Å². The summed E-state index contributed by atoms with van der Waals surface area (Å²) in [6.45, 7) is 2.16. The van der Waals surface area contributed by atoms with Crippen molar-refractivity contribution in [2.45, 2.75) is 44.9 Å². The summed E-state index contributed by atoms with van der Waals surface area (Å²) >= 11 is 0. The Bertz CT molecular complexity index is 311.